The van der Waals surface area contributed by atoms with Crippen LogP contribution in [0.2, 0.25) is 0 Å². The molecule has 1 amide bonds. The molecule has 1 fully saturated rings. The maximum Gasteiger partial charge on any atom is 0.416 e. The normalized spacial score (nSPS) is 14.5. The summed E-state index contributed by atoms with van der Waals surface area (Å²) in [7, 11) is 3.90. The largest absolute Gasteiger partial charge is 0.456 e. The molecule has 1 aliphatic heterocycles. The van der Waals surface area contributed by atoms with Gasteiger partial charge in [0.2, 0.25) is 0 Å². The second-order valence-electron chi connectivity index (χ2n) is 11.4. The number of alkyl halides is 3. The third-order valence-corrected chi connectivity index (χ3v) is 8.11. The van der Waals surface area contributed by atoms with Crippen LogP contribution in [0, 0.1) is 6.92 Å². The van der Waals surface area contributed by atoms with Gasteiger partial charge in [0.15, 0.2) is 0 Å². The monoisotopic (exact) mass is 614 g/mol. The number of ether oxygens (including phenoxy) is 1. The Labute approximate surface area is 259 Å². The molecule has 1 N–H and O–H groups in total. The van der Waals surface area contributed by atoms with Gasteiger partial charge >= 0.3 is 6.18 Å². The van der Waals surface area contributed by atoms with Gasteiger partial charge in [0.1, 0.15) is 17.1 Å². The number of benzene rings is 2. The van der Waals surface area contributed by atoms with E-state index in [9.17, 15) is 18.0 Å². The molecule has 0 atom stereocenters. The van der Waals surface area contributed by atoms with E-state index < -0.39 is 17.6 Å². The van der Waals surface area contributed by atoms with Gasteiger partial charge in [0, 0.05) is 81.2 Å². The summed E-state index contributed by atoms with van der Waals surface area (Å²) in [6.45, 7) is 5.07. The predicted octanol–water partition coefficient (Wildman–Crippen LogP) is 6.75. The quantitative estimate of drug-likeness (QED) is 0.219. The third kappa shape index (κ3) is 6.69. The van der Waals surface area contributed by atoms with Crippen LogP contribution in [0.1, 0.15) is 27.0 Å². The van der Waals surface area contributed by atoms with Crippen LogP contribution in [-0.2, 0) is 19.8 Å². The van der Waals surface area contributed by atoms with Crippen LogP contribution < -0.4 is 10.1 Å². The van der Waals surface area contributed by atoms with Crippen LogP contribution in [0.25, 0.3) is 22.3 Å². The lowest BCUT2D eigenvalue weighted by Gasteiger charge is -2.33. The summed E-state index contributed by atoms with van der Waals surface area (Å²) in [6, 6.07) is 16.4. The second-order valence-corrected chi connectivity index (χ2v) is 11.4. The van der Waals surface area contributed by atoms with Crippen molar-refractivity contribution in [2.45, 2.75) is 19.6 Å². The number of carbonyl (C=O) groups excluding carboxylic acids is 1. The number of nitrogens with one attached hydrogen (secondary N) is 1. The molecule has 0 spiro atoms. The number of halogens is 3. The first-order chi connectivity index (χ1) is 21.5. The zero-order valence-electron chi connectivity index (χ0n) is 25.2. The number of aryl methyl sites for hydroxylation is 2. The zero-order valence-corrected chi connectivity index (χ0v) is 25.2. The Balaban J connectivity index is 1.25. The lowest BCUT2D eigenvalue weighted by atomic mass is 10.0. The molecular weight excluding hydrogens is 581 g/mol. The molecule has 11 heteroatoms. The summed E-state index contributed by atoms with van der Waals surface area (Å²) in [5.41, 5.74) is 2.83. The molecule has 0 unspecified atom stereocenters. The molecule has 0 radical (unpaired) electrons. The van der Waals surface area contributed by atoms with Crippen molar-refractivity contribution in [3.63, 3.8) is 0 Å². The molecule has 6 rings (SSSR count). The fourth-order valence-electron chi connectivity index (χ4n) is 5.43. The van der Waals surface area contributed by atoms with Crippen LogP contribution in [0.4, 0.5) is 18.9 Å². The average Bonchev–Trinajstić information content (AvgIpc) is 3.40. The van der Waals surface area contributed by atoms with Crippen LogP contribution in [0.5, 0.6) is 11.5 Å². The molecule has 0 aliphatic carbocycles. The predicted molar refractivity (Wildman–Crippen MR) is 167 cm³/mol. The van der Waals surface area contributed by atoms with E-state index >= 15 is 0 Å². The molecular formula is C34H33F3N6O2. The number of carbonyl (C=O) groups is 1. The number of hydrogen-bond donors (Lipinski definition) is 1. The molecule has 2 aromatic carbocycles. The molecule has 45 heavy (non-hydrogen) atoms. The first kappa shape index (κ1) is 30.3. The van der Waals surface area contributed by atoms with E-state index in [1.165, 1.54) is 12.1 Å². The number of pyridine rings is 2. The minimum atomic E-state index is -4.56. The van der Waals surface area contributed by atoms with Gasteiger partial charge in [0.05, 0.1) is 16.6 Å². The topological polar surface area (TPSA) is 75.5 Å². The molecule has 1 aliphatic rings. The van der Waals surface area contributed by atoms with E-state index in [1.807, 2.05) is 60.9 Å². The molecule has 3 aromatic heterocycles. The van der Waals surface area contributed by atoms with Crippen molar-refractivity contribution < 1.29 is 22.7 Å². The summed E-state index contributed by atoms with van der Waals surface area (Å²) in [5, 5.41) is 3.44. The molecule has 0 bridgehead atoms. The molecule has 0 saturated carbocycles. The molecule has 232 valence electrons. The van der Waals surface area contributed by atoms with Gasteiger partial charge in [-0.1, -0.05) is 12.1 Å². The van der Waals surface area contributed by atoms with E-state index in [1.54, 1.807) is 30.6 Å². The van der Waals surface area contributed by atoms with Crippen molar-refractivity contribution in [1.82, 2.24) is 24.3 Å². The number of amides is 1. The van der Waals surface area contributed by atoms with E-state index in [4.69, 9.17) is 9.72 Å². The Kier molecular flexibility index (Phi) is 8.30. The molecule has 1 saturated heterocycles. The SMILES string of the molecule is Cc1ccc(C(=O)Nc2ccc(CN3CCN(C)CC3)c(C(F)(F)F)c2)cc1Oc1cc(-c2ccncc2)nc2c1ccn2C. The Morgan fingerprint density at radius 3 is 2.42 bits per heavy atom. The highest BCUT2D eigenvalue weighted by Crippen LogP contribution is 2.36. The average molecular weight is 615 g/mol. The summed E-state index contributed by atoms with van der Waals surface area (Å²) in [5.74, 6) is 0.453. The van der Waals surface area contributed by atoms with Gasteiger partial charge in [-0.05, 0) is 67.6 Å². The summed E-state index contributed by atoms with van der Waals surface area (Å²) in [6.07, 6.45) is 0.717. The van der Waals surface area contributed by atoms with Crippen molar-refractivity contribution in [2.75, 3.05) is 38.5 Å². The van der Waals surface area contributed by atoms with E-state index in [0.29, 0.717) is 30.3 Å². The van der Waals surface area contributed by atoms with Gasteiger partial charge < -0.3 is 19.5 Å². The van der Waals surface area contributed by atoms with Crippen LogP contribution >= 0.6 is 0 Å². The minimum Gasteiger partial charge on any atom is -0.456 e. The Morgan fingerprint density at radius 1 is 0.933 bits per heavy atom. The van der Waals surface area contributed by atoms with Crippen LogP contribution in [0.15, 0.2) is 79.3 Å². The highest BCUT2D eigenvalue weighted by atomic mass is 19.4. The number of nitrogens with zero attached hydrogens (tertiary/aromatic N) is 5. The summed E-state index contributed by atoms with van der Waals surface area (Å²) in [4.78, 5) is 26.3. The number of anilines is 1. The summed E-state index contributed by atoms with van der Waals surface area (Å²) >= 11 is 0. The third-order valence-electron chi connectivity index (χ3n) is 8.11. The smallest absolute Gasteiger partial charge is 0.416 e. The first-order valence-electron chi connectivity index (χ1n) is 14.6. The second kappa shape index (κ2) is 12.3. The lowest BCUT2D eigenvalue weighted by molar-refractivity contribution is -0.138. The van der Waals surface area contributed by atoms with Gasteiger partial charge in [-0.15, -0.1) is 0 Å². The van der Waals surface area contributed by atoms with Crippen LogP contribution in [-0.4, -0.2) is 63.5 Å². The fourth-order valence-corrected chi connectivity index (χ4v) is 5.43. The van der Waals surface area contributed by atoms with E-state index in [0.717, 1.165) is 41.3 Å². The Hall–Kier alpha value is -4.74. The highest BCUT2D eigenvalue weighted by molar-refractivity contribution is 6.04. The fraction of sp³-hybridized carbons (Fsp3) is 0.265. The van der Waals surface area contributed by atoms with Gasteiger partial charge in [-0.3, -0.25) is 14.7 Å². The van der Waals surface area contributed by atoms with Gasteiger partial charge in [-0.2, -0.15) is 13.2 Å². The number of aromatic nitrogens is 3. The highest BCUT2D eigenvalue weighted by Gasteiger charge is 2.34. The molecule has 8 nitrogen and oxygen atoms in total. The first-order valence-corrected chi connectivity index (χ1v) is 14.6. The zero-order chi connectivity index (χ0) is 31.7. The summed E-state index contributed by atoms with van der Waals surface area (Å²) < 4.78 is 50.6. The Morgan fingerprint density at radius 2 is 1.69 bits per heavy atom. The van der Waals surface area contributed by atoms with E-state index in [2.05, 4.69) is 15.2 Å². The van der Waals surface area contributed by atoms with Crippen molar-refractivity contribution >= 4 is 22.6 Å². The number of piperazine rings is 1. The number of rotatable bonds is 7. The number of fused-ring (bicyclic) bond motifs is 1. The van der Waals surface area contributed by atoms with Crippen molar-refractivity contribution in [2.24, 2.45) is 7.05 Å². The Bertz CT molecular complexity index is 1850. The number of hydrogen-bond acceptors (Lipinski definition) is 6. The maximum absolute atomic E-state index is 14.1. The van der Waals surface area contributed by atoms with Crippen LogP contribution in [0.3, 0.4) is 0 Å². The molecule has 5 aromatic rings. The number of likely N-dealkylation sites (N-methyl/N-ethyl adjacent to an activating group) is 1. The molecule has 4 heterocycles. The van der Waals surface area contributed by atoms with Gasteiger partial charge in [0.25, 0.3) is 5.91 Å². The van der Waals surface area contributed by atoms with Crippen molar-refractivity contribution in [1.29, 1.82) is 0 Å². The van der Waals surface area contributed by atoms with Crippen molar-refractivity contribution in [3.05, 3.63) is 102 Å². The standard InChI is InChI=1S/C34H33F3N6O2/c1-22-4-5-24(18-30(22)45-31-20-29(23-8-11-38-12-9-23)40-32-27(31)10-13-42(32)3)33(44)39-26-7-6-25(28(19-26)34(35,36)37)21-43-16-14-41(2)15-17-43/h4-13,18-20H,14-17,21H2,1-3H3,(H,39,44). The van der Waals surface area contributed by atoms with Gasteiger partial charge in [-0.25, -0.2) is 4.98 Å². The van der Waals surface area contributed by atoms with Crippen molar-refractivity contribution in [3.8, 4) is 22.8 Å². The lowest BCUT2D eigenvalue weighted by Crippen LogP contribution is -2.44. The minimum absolute atomic E-state index is 0.0691. The van der Waals surface area contributed by atoms with E-state index in [-0.39, 0.29) is 23.4 Å². The maximum atomic E-state index is 14.1.